The zero-order valence-corrected chi connectivity index (χ0v) is 15.6. The van der Waals surface area contributed by atoms with Crippen molar-refractivity contribution in [3.05, 3.63) is 17.5 Å². The molecule has 4 nitrogen and oxygen atoms in total. The largest absolute Gasteiger partial charge is 0.480 e. The Balaban J connectivity index is 2.26. The zero-order valence-electron chi connectivity index (χ0n) is 14.7. The molecule has 1 aliphatic carbocycles. The monoisotopic (exact) mass is 336 g/mol. The second-order valence-electron chi connectivity index (χ2n) is 7.30. The van der Waals surface area contributed by atoms with Crippen LogP contribution in [0.5, 0.6) is 0 Å². The van der Waals surface area contributed by atoms with Crippen molar-refractivity contribution in [1.29, 1.82) is 0 Å². The lowest BCUT2D eigenvalue weighted by atomic mass is 9.69. The first kappa shape index (κ1) is 18.2. The topological polar surface area (TPSA) is 63.1 Å². The summed E-state index contributed by atoms with van der Waals surface area (Å²) in [5, 5.41) is 9.96. The van der Waals surface area contributed by atoms with Gasteiger partial charge in [-0.1, -0.05) is 39.0 Å². The molecule has 0 saturated heterocycles. The normalized spacial score (nSPS) is 26.3. The quantitative estimate of drug-likeness (QED) is 0.640. The van der Waals surface area contributed by atoms with Gasteiger partial charge in [-0.05, 0) is 56.4 Å². The maximum absolute atomic E-state index is 12.0. The number of nitrogens with zero attached hydrogens (tertiary/aromatic N) is 2. The molecule has 0 radical (unpaired) electrons. The van der Waals surface area contributed by atoms with Gasteiger partial charge < -0.3 is 5.11 Å². The number of carbonyl (C=O) groups is 1. The van der Waals surface area contributed by atoms with Crippen LogP contribution in [0.15, 0.2) is 11.2 Å². The van der Waals surface area contributed by atoms with E-state index < -0.39 is 11.2 Å². The molecular weight excluding hydrogens is 308 g/mol. The third-order valence-electron chi connectivity index (χ3n) is 4.90. The molecule has 1 heterocycles. The minimum absolute atomic E-state index is 0.186. The van der Waals surface area contributed by atoms with Crippen molar-refractivity contribution in [3.63, 3.8) is 0 Å². The minimum Gasteiger partial charge on any atom is -0.480 e. The van der Waals surface area contributed by atoms with E-state index in [0.717, 1.165) is 24.2 Å². The summed E-state index contributed by atoms with van der Waals surface area (Å²) in [6.45, 7) is 10.5. The van der Waals surface area contributed by atoms with Gasteiger partial charge in [-0.2, -0.15) is 0 Å². The highest BCUT2D eigenvalue weighted by Crippen LogP contribution is 2.44. The smallest absolute Gasteiger partial charge is 0.317 e. The van der Waals surface area contributed by atoms with Crippen LogP contribution in [0.3, 0.4) is 0 Å². The van der Waals surface area contributed by atoms with E-state index >= 15 is 0 Å². The Kier molecular flexibility index (Phi) is 6.06. The van der Waals surface area contributed by atoms with E-state index in [2.05, 4.69) is 30.7 Å². The van der Waals surface area contributed by atoms with E-state index in [9.17, 15) is 9.90 Å². The molecular formula is C18H28N2O2S. The Morgan fingerprint density at radius 2 is 1.83 bits per heavy atom. The molecule has 4 atom stereocenters. The van der Waals surface area contributed by atoms with Gasteiger partial charge in [-0.3, -0.25) is 4.79 Å². The van der Waals surface area contributed by atoms with Crippen LogP contribution in [0, 0.1) is 37.5 Å². The number of hydrogen-bond donors (Lipinski definition) is 1. The van der Waals surface area contributed by atoms with Crippen LogP contribution in [-0.2, 0) is 4.79 Å². The fraction of sp³-hybridized carbons (Fsp3) is 0.722. The van der Waals surface area contributed by atoms with E-state index in [1.54, 1.807) is 0 Å². The van der Waals surface area contributed by atoms with Gasteiger partial charge in [0.1, 0.15) is 5.25 Å². The van der Waals surface area contributed by atoms with Gasteiger partial charge in [0, 0.05) is 11.4 Å². The van der Waals surface area contributed by atoms with Gasteiger partial charge >= 0.3 is 5.97 Å². The maximum atomic E-state index is 12.0. The standard InChI is InChI=1S/C18H28N2O2S/c1-10(2)14-7-6-11(3)8-15(14)16(17(21)22)23-18-19-12(4)9-13(5)20-18/h9-11,14-16H,6-8H2,1-5H3,(H,21,22). The van der Waals surface area contributed by atoms with Crippen LogP contribution >= 0.6 is 11.8 Å². The van der Waals surface area contributed by atoms with Gasteiger partial charge in [0.2, 0.25) is 0 Å². The predicted molar refractivity (Wildman–Crippen MR) is 93.6 cm³/mol. The lowest BCUT2D eigenvalue weighted by Crippen LogP contribution is -2.38. The van der Waals surface area contributed by atoms with Crippen molar-refractivity contribution in [3.8, 4) is 0 Å². The van der Waals surface area contributed by atoms with E-state index in [0.29, 0.717) is 22.9 Å². The average molecular weight is 337 g/mol. The summed E-state index contributed by atoms with van der Waals surface area (Å²) in [5.41, 5.74) is 1.78. The molecule has 4 unspecified atom stereocenters. The number of rotatable bonds is 5. The number of aliphatic carboxylic acids is 1. The Bertz CT molecular complexity index is 542. The van der Waals surface area contributed by atoms with Crippen LogP contribution in [0.25, 0.3) is 0 Å². The Labute approximate surface area is 143 Å². The second-order valence-corrected chi connectivity index (χ2v) is 8.41. The fourth-order valence-corrected chi connectivity index (χ4v) is 5.01. The Hall–Kier alpha value is -1.10. The van der Waals surface area contributed by atoms with E-state index in [1.807, 2.05) is 19.9 Å². The lowest BCUT2D eigenvalue weighted by molar-refractivity contribution is -0.138. The van der Waals surface area contributed by atoms with Crippen molar-refractivity contribution in [2.75, 3.05) is 0 Å². The molecule has 1 aliphatic rings. The molecule has 1 N–H and O–H groups in total. The van der Waals surface area contributed by atoms with Crippen LogP contribution in [0.4, 0.5) is 0 Å². The van der Waals surface area contributed by atoms with Crippen LogP contribution < -0.4 is 0 Å². The minimum atomic E-state index is -0.734. The third kappa shape index (κ3) is 4.69. The van der Waals surface area contributed by atoms with Crippen molar-refractivity contribution >= 4 is 17.7 Å². The number of aromatic nitrogens is 2. The van der Waals surface area contributed by atoms with Gasteiger partial charge in [-0.25, -0.2) is 9.97 Å². The molecule has 1 aromatic heterocycles. The summed E-state index contributed by atoms with van der Waals surface area (Å²) in [7, 11) is 0. The van der Waals surface area contributed by atoms with Gasteiger partial charge in [-0.15, -0.1) is 0 Å². The molecule has 1 saturated carbocycles. The first-order chi connectivity index (χ1) is 10.8. The van der Waals surface area contributed by atoms with Gasteiger partial charge in [0.05, 0.1) is 0 Å². The summed E-state index contributed by atoms with van der Waals surface area (Å²) in [6.07, 6.45) is 3.32. The fourth-order valence-electron chi connectivity index (χ4n) is 3.80. The third-order valence-corrected chi connectivity index (χ3v) is 6.10. The highest BCUT2D eigenvalue weighted by atomic mass is 32.2. The second kappa shape index (κ2) is 7.65. The van der Waals surface area contributed by atoms with Crippen molar-refractivity contribution in [2.24, 2.45) is 23.7 Å². The summed E-state index contributed by atoms with van der Waals surface area (Å²) >= 11 is 1.33. The summed E-state index contributed by atoms with van der Waals surface area (Å²) in [6, 6.07) is 1.92. The first-order valence-corrected chi connectivity index (χ1v) is 9.37. The molecule has 2 rings (SSSR count). The summed E-state index contributed by atoms with van der Waals surface area (Å²) in [4.78, 5) is 20.8. The molecule has 0 bridgehead atoms. The molecule has 5 heteroatoms. The first-order valence-electron chi connectivity index (χ1n) is 8.49. The molecule has 1 fully saturated rings. The van der Waals surface area contributed by atoms with Crippen LogP contribution in [0.1, 0.15) is 51.4 Å². The van der Waals surface area contributed by atoms with Gasteiger partial charge in [0.15, 0.2) is 5.16 Å². The van der Waals surface area contributed by atoms with Gasteiger partial charge in [0.25, 0.3) is 0 Å². The Morgan fingerprint density at radius 1 is 1.22 bits per heavy atom. The molecule has 128 valence electrons. The molecule has 0 aromatic carbocycles. The summed E-state index contributed by atoms with van der Waals surface area (Å²) < 4.78 is 0. The Morgan fingerprint density at radius 3 is 2.35 bits per heavy atom. The predicted octanol–water partition coefficient (Wildman–Crippen LogP) is 4.35. The molecule has 23 heavy (non-hydrogen) atoms. The molecule has 0 amide bonds. The van der Waals surface area contributed by atoms with Crippen LogP contribution in [0.2, 0.25) is 0 Å². The van der Waals surface area contributed by atoms with Crippen molar-refractivity contribution < 1.29 is 9.90 Å². The highest BCUT2D eigenvalue weighted by molar-refractivity contribution is 8.00. The molecule has 1 aromatic rings. The van der Waals surface area contributed by atoms with E-state index in [-0.39, 0.29) is 5.92 Å². The average Bonchev–Trinajstić information content (AvgIpc) is 2.43. The lowest BCUT2D eigenvalue weighted by Gasteiger charge is -2.39. The van der Waals surface area contributed by atoms with Crippen molar-refractivity contribution in [2.45, 2.75) is 64.3 Å². The molecule has 0 aliphatic heterocycles. The van der Waals surface area contributed by atoms with Crippen LogP contribution in [-0.4, -0.2) is 26.3 Å². The highest BCUT2D eigenvalue weighted by Gasteiger charge is 2.40. The summed E-state index contributed by atoms with van der Waals surface area (Å²) in [5.74, 6) is 1.02. The maximum Gasteiger partial charge on any atom is 0.317 e. The van der Waals surface area contributed by atoms with E-state index in [4.69, 9.17) is 0 Å². The SMILES string of the molecule is Cc1cc(C)nc(SC(C(=O)O)C2CC(C)CCC2C(C)C)n1. The zero-order chi connectivity index (χ0) is 17.1. The van der Waals surface area contributed by atoms with E-state index in [1.165, 1.54) is 18.2 Å². The molecule has 0 spiro atoms. The number of hydrogen-bond acceptors (Lipinski definition) is 4. The van der Waals surface area contributed by atoms with Crippen molar-refractivity contribution in [1.82, 2.24) is 9.97 Å². The number of thioether (sulfide) groups is 1. The number of carboxylic acid groups (broad SMARTS) is 1. The number of aryl methyl sites for hydroxylation is 2. The number of carboxylic acids is 1.